The second-order valence-corrected chi connectivity index (χ2v) is 5.59. The van der Waals surface area contributed by atoms with Crippen molar-refractivity contribution in [1.82, 2.24) is 0 Å². The number of hydrogen-bond donors (Lipinski definition) is 0. The molecular formula is C14H18BrNO. The number of para-hydroxylation sites is 1. The number of ether oxygens (including phenoxy) is 1. The smallest absolute Gasteiger partial charge is 0.133 e. The second kappa shape index (κ2) is 6.66. The minimum Gasteiger partial charge on any atom is -0.492 e. The van der Waals surface area contributed by atoms with E-state index in [9.17, 15) is 0 Å². The molecule has 0 saturated heterocycles. The lowest BCUT2D eigenvalue weighted by molar-refractivity contribution is 0.293. The van der Waals surface area contributed by atoms with Crippen LogP contribution in [0, 0.1) is 16.7 Å². The standard InChI is InChI=1S/C14H18BrNO/c1-14(2,11-16)9-5-6-10-17-13-8-4-3-7-12(13)15/h3-4,7-8H,5-6,9-10H2,1-2H3. The molecule has 1 aromatic rings. The zero-order valence-corrected chi connectivity index (χ0v) is 12.0. The molecule has 0 spiro atoms. The molecule has 0 N–H and O–H groups in total. The molecule has 3 heteroatoms. The summed E-state index contributed by atoms with van der Waals surface area (Å²) in [6.07, 6.45) is 2.92. The highest BCUT2D eigenvalue weighted by atomic mass is 79.9. The maximum absolute atomic E-state index is 8.88. The Kier molecular flexibility index (Phi) is 5.50. The zero-order valence-electron chi connectivity index (χ0n) is 10.4. The maximum Gasteiger partial charge on any atom is 0.133 e. The molecule has 0 unspecified atom stereocenters. The number of hydrogen-bond acceptors (Lipinski definition) is 2. The molecule has 0 radical (unpaired) electrons. The third-order valence-electron chi connectivity index (χ3n) is 2.59. The fourth-order valence-corrected chi connectivity index (χ4v) is 1.87. The van der Waals surface area contributed by atoms with Gasteiger partial charge in [-0.1, -0.05) is 12.1 Å². The van der Waals surface area contributed by atoms with Crippen molar-refractivity contribution in [1.29, 1.82) is 5.26 Å². The van der Waals surface area contributed by atoms with Gasteiger partial charge in [-0.05, 0) is 61.2 Å². The Hall–Kier alpha value is -1.01. The first kappa shape index (κ1) is 14.1. The Morgan fingerprint density at radius 3 is 2.65 bits per heavy atom. The van der Waals surface area contributed by atoms with E-state index in [-0.39, 0.29) is 5.41 Å². The summed E-state index contributed by atoms with van der Waals surface area (Å²) in [6.45, 7) is 4.65. The third kappa shape index (κ3) is 5.23. The second-order valence-electron chi connectivity index (χ2n) is 4.73. The predicted molar refractivity (Wildman–Crippen MR) is 72.9 cm³/mol. The highest BCUT2D eigenvalue weighted by molar-refractivity contribution is 9.10. The lowest BCUT2D eigenvalue weighted by atomic mass is 9.89. The van der Waals surface area contributed by atoms with Gasteiger partial charge in [-0.25, -0.2) is 0 Å². The molecular weight excluding hydrogens is 278 g/mol. The SMILES string of the molecule is CC(C)(C#N)CCCCOc1ccccc1Br. The van der Waals surface area contributed by atoms with Crippen LogP contribution < -0.4 is 4.74 Å². The van der Waals surface area contributed by atoms with Crippen LogP contribution >= 0.6 is 15.9 Å². The average Bonchev–Trinajstić information content (AvgIpc) is 2.31. The zero-order chi connectivity index (χ0) is 12.7. The summed E-state index contributed by atoms with van der Waals surface area (Å²) >= 11 is 3.44. The lowest BCUT2D eigenvalue weighted by Crippen LogP contribution is -2.08. The summed E-state index contributed by atoms with van der Waals surface area (Å²) in [4.78, 5) is 0. The minimum atomic E-state index is -0.215. The lowest BCUT2D eigenvalue weighted by Gasteiger charge is -2.14. The fourth-order valence-electron chi connectivity index (χ4n) is 1.47. The summed E-state index contributed by atoms with van der Waals surface area (Å²) in [7, 11) is 0. The molecule has 0 fully saturated rings. The van der Waals surface area contributed by atoms with Gasteiger partial charge in [0, 0.05) is 0 Å². The highest BCUT2D eigenvalue weighted by Gasteiger charge is 2.15. The van der Waals surface area contributed by atoms with Crippen LogP contribution in [-0.2, 0) is 0 Å². The predicted octanol–water partition coefficient (Wildman–Crippen LogP) is 4.55. The quantitative estimate of drug-likeness (QED) is 0.722. The van der Waals surface area contributed by atoms with Gasteiger partial charge in [0.2, 0.25) is 0 Å². The molecule has 0 aliphatic rings. The molecule has 0 aromatic heterocycles. The van der Waals surface area contributed by atoms with E-state index >= 15 is 0 Å². The van der Waals surface area contributed by atoms with Crippen LogP contribution in [0.15, 0.2) is 28.7 Å². The summed E-state index contributed by atoms with van der Waals surface area (Å²) in [5, 5.41) is 8.88. The van der Waals surface area contributed by atoms with Gasteiger partial charge in [-0.3, -0.25) is 0 Å². The van der Waals surface area contributed by atoms with Gasteiger partial charge in [0.25, 0.3) is 0 Å². The van der Waals surface area contributed by atoms with Gasteiger partial charge in [-0.2, -0.15) is 5.26 Å². The van der Waals surface area contributed by atoms with Crippen LogP contribution in [0.1, 0.15) is 33.1 Å². The van der Waals surface area contributed by atoms with Gasteiger partial charge >= 0.3 is 0 Å². The van der Waals surface area contributed by atoms with E-state index in [4.69, 9.17) is 10.00 Å². The van der Waals surface area contributed by atoms with Crippen molar-refractivity contribution in [2.24, 2.45) is 5.41 Å². The Balaban J connectivity index is 2.22. The number of nitrogens with zero attached hydrogens (tertiary/aromatic N) is 1. The molecule has 92 valence electrons. The number of unbranched alkanes of at least 4 members (excludes halogenated alkanes) is 1. The van der Waals surface area contributed by atoms with Crippen LogP contribution in [0.3, 0.4) is 0 Å². The van der Waals surface area contributed by atoms with Crippen molar-refractivity contribution >= 4 is 15.9 Å². The Morgan fingerprint density at radius 2 is 2.00 bits per heavy atom. The summed E-state index contributed by atoms with van der Waals surface area (Å²) < 4.78 is 6.64. The van der Waals surface area contributed by atoms with Crippen molar-refractivity contribution in [3.05, 3.63) is 28.7 Å². The van der Waals surface area contributed by atoms with Crippen molar-refractivity contribution in [3.8, 4) is 11.8 Å². The molecule has 1 rings (SSSR count). The molecule has 1 aromatic carbocycles. The largest absolute Gasteiger partial charge is 0.492 e. The third-order valence-corrected chi connectivity index (χ3v) is 3.25. The van der Waals surface area contributed by atoms with Gasteiger partial charge in [0.05, 0.1) is 22.6 Å². The molecule has 0 aliphatic heterocycles. The average molecular weight is 296 g/mol. The van der Waals surface area contributed by atoms with Crippen molar-refractivity contribution in [3.63, 3.8) is 0 Å². The number of rotatable bonds is 6. The fraction of sp³-hybridized carbons (Fsp3) is 0.500. The minimum absolute atomic E-state index is 0.215. The molecule has 2 nitrogen and oxygen atoms in total. The molecule has 0 heterocycles. The van der Waals surface area contributed by atoms with E-state index in [1.54, 1.807) is 0 Å². The van der Waals surface area contributed by atoms with Crippen molar-refractivity contribution in [2.45, 2.75) is 33.1 Å². The van der Waals surface area contributed by atoms with Crippen LogP contribution in [0.25, 0.3) is 0 Å². The van der Waals surface area contributed by atoms with Gasteiger partial charge in [0.15, 0.2) is 0 Å². The van der Waals surface area contributed by atoms with E-state index in [2.05, 4.69) is 22.0 Å². The van der Waals surface area contributed by atoms with Crippen molar-refractivity contribution in [2.75, 3.05) is 6.61 Å². The first-order valence-electron chi connectivity index (χ1n) is 5.84. The number of halogens is 1. The highest BCUT2D eigenvalue weighted by Crippen LogP contribution is 2.25. The summed E-state index contributed by atoms with van der Waals surface area (Å²) in [5.74, 6) is 0.882. The molecule has 0 saturated carbocycles. The molecule has 17 heavy (non-hydrogen) atoms. The normalized spacial score (nSPS) is 10.9. The maximum atomic E-state index is 8.88. The van der Waals surface area contributed by atoms with Crippen LogP contribution in [0.2, 0.25) is 0 Å². The van der Waals surface area contributed by atoms with E-state index in [0.717, 1.165) is 29.5 Å². The molecule has 0 bridgehead atoms. The topological polar surface area (TPSA) is 33.0 Å². The van der Waals surface area contributed by atoms with Crippen molar-refractivity contribution < 1.29 is 4.74 Å². The Labute approximate surface area is 112 Å². The van der Waals surface area contributed by atoms with Gasteiger partial charge in [0.1, 0.15) is 5.75 Å². The van der Waals surface area contributed by atoms with Crippen LogP contribution in [0.5, 0.6) is 5.75 Å². The van der Waals surface area contributed by atoms with E-state index in [1.807, 2.05) is 38.1 Å². The molecule has 0 atom stereocenters. The molecule has 0 aliphatic carbocycles. The van der Waals surface area contributed by atoms with Gasteiger partial charge in [-0.15, -0.1) is 0 Å². The number of nitriles is 1. The molecule has 0 amide bonds. The first-order valence-corrected chi connectivity index (χ1v) is 6.63. The monoisotopic (exact) mass is 295 g/mol. The summed E-state index contributed by atoms with van der Waals surface area (Å²) in [6, 6.07) is 10.1. The Bertz CT molecular complexity index is 395. The first-order chi connectivity index (χ1) is 8.05. The number of benzene rings is 1. The van der Waals surface area contributed by atoms with Gasteiger partial charge < -0.3 is 4.74 Å². The Morgan fingerprint density at radius 1 is 1.29 bits per heavy atom. The summed E-state index contributed by atoms with van der Waals surface area (Å²) in [5.41, 5.74) is -0.215. The van der Waals surface area contributed by atoms with E-state index < -0.39 is 0 Å². The van der Waals surface area contributed by atoms with Crippen LogP contribution in [0.4, 0.5) is 0 Å². The van der Waals surface area contributed by atoms with E-state index in [0.29, 0.717) is 6.61 Å². The van der Waals surface area contributed by atoms with E-state index in [1.165, 1.54) is 0 Å². The van der Waals surface area contributed by atoms with Crippen LogP contribution in [-0.4, -0.2) is 6.61 Å².